The number of hydrogen-bond acceptors (Lipinski definition) is 5. The number of hydrazine groups is 1. The van der Waals surface area contributed by atoms with E-state index in [1.54, 1.807) is 0 Å². The summed E-state index contributed by atoms with van der Waals surface area (Å²) in [6.45, 7) is 10.4. The third-order valence-corrected chi connectivity index (χ3v) is 9.62. The number of amides is 5. The van der Waals surface area contributed by atoms with Crippen LogP contribution in [0.1, 0.15) is 66.7 Å². The molecule has 0 unspecified atom stereocenters. The maximum absolute atomic E-state index is 14.0. The Hall–Kier alpha value is -2.43. The number of alkyl halides is 2. The van der Waals surface area contributed by atoms with Crippen molar-refractivity contribution in [2.24, 2.45) is 34.5 Å². The van der Waals surface area contributed by atoms with Crippen molar-refractivity contribution < 1.29 is 28.4 Å². The van der Waals surface area contributed by atoms with Crippen LogP contribution in [0, 0.1) is 34.5 Å². The van der Waals surface area contributed by atoms with E-state index in [9.17, 15) is 28.4 Å². The lowest BCUT2D eigenvalue weighted by atomic mass is 9.80. The first-order valence-corrected chi connectivity index (χ1v) is 14.4. The molecule has 4 fully saturated rings. The van der Waals surface area contributed by atoms with E-state index in [4.69, 9.17) is 11.6 Å². The van der Waals surface area contributed by atoms with Crippen molar-refractivity contribution >= 4 is 41.1 Å². The Labute approximate surface area is 234 Å². The fourth-order valence-electron chi connectivity index (χ4n) is 6.12. The fraction of sp³-hybridized carbons (Fsp3) is 0.815. The first-order chi connectivity index (χ1) is 18.2. The number of halogens is 2. The standard InChI is InChI=1S/C27H41ClFN5O5/c1-6-26(2,3)19(31-22(36)14-9-10-14)24(38)33-13-16-17(27(16,4)5)18(33)23(37)32-34(25(39)20(28)29)12-15-8-7-11-30-21(15)35/h14-20H,6-13H2,1-5H3,(H,30,35)(H,31,36)(H,32,37)/t15-,16+,17+,18+,19-,20+/m1/s1. The third kappa shape index (κ3) is 5.88. The molecule has 2 aliphatic carbocycles. The molecular weight excluding hydrogens is 529 g/mol. The summed E-state index contributed by atoms with van der Waals surface area (Å²) in [5, 5.41) is 6.45. The van der Waals surface area contributed by atoms with Gasteiger partial charge in [-0.1, -0.05) is 46.2 Å². The highest BCUT2D eigenvalue weighted by Crippen LogP contribution is 2.65. The Morgan fingerprint density at radius 3 is 2.44 bits per heavy atom. The molecule has 39 heavy (non-hydrogen) atoms. The molecule has 3 N–H and O–H groups in total. The molecule has 10 nitrogen and oxygen atoms in total. The predicted octanol–water partition coefficient (Wildman–Crippen LogP) is 1.72. The lowest BCUT2D eigenvalue weighted by molar-refractivity contribution is -0.151. The molecule has 2 saturated carbocycles. The van der Waals surface area contributed by atoms with E-state index in [0.717, 1.165) is 17.9 Å². The maximum atomic E-state index is 14.0. The van der Waals surface area contributed by atoms with E-state index in [1.165, 1.54) is 4.90 Å². The van der Waals surface area contributed by atoms with Gasteiger partial charge in [0.25, 0.3) is 17.4 Å². The molecular formula is C27H41ClFN5O5. The molecule has 0 aromatic heterocycles. The Balaban J connectivity index is 1.57. The molecule has 2 saturated heterocycles. The van der Waals surface area contributed by atoms with Crippen molar-refractivity contribution in [1.82, 2.24) is 26.0 Å². The number of carbonyl (C=O) groups is 5. The second kappa shape index (κ2) is 10.9. The summed E-state index contributed by atoms with van der Waals surface area (Å²) in [4.78, 5) is 66.9. The van der Waals surface area contributed by atoms with Crippen molar-refractivity contribution in [3.8, 4) is 0 Å². The van der Waals surface area contributed by atoms with Gasteiger partial charge in [0.2, 0.25) is 17.7 Å². The van der Waals surface area contributed by atoms with E-state index in [-0.39, 0.29) is 47.4 Å². The van der Waals surface area contributed by atoms with Crippen LogP contribution in [0.25, 0.3) is 0 Å². The normalized spacial score (nSPS) is 29.0. The van der Waals surface area contributed by atoms with Crippen molar-refractivity contribution in [1.29, 1.82) is 0 Å². The number of rotatable bonds is 9. The van der Waals surface area contributed by atoms with Crippen LogP contribution in [0.15, 0.2) is 0 Å². The zero-order valence-corrected chi connectivity index (χ0v) is 24.1. The summed E-state index contributed by atoms with van der Waals surface area (Å²) >= 11 is 5.45. The average molecular weight is 570 g/mol. The van der Waals surface area contributed by atoms with Crippen molar-refractivity contribution in [2.45, 2.75) is 84.4 Å². The molecule has 12 heteroatoms. The van der Waals surface area contributed by atoms with Crippen molar-refractivity contribution in [3.63, 3.8) is 0 Å². The van der Waals surface area contributed by atoms with Crippen LogP contribution in [0.3, 0.4) is 0 Å². The summed E-state index contributed by atoms with van der Waals surface area (Å²) < 4.78 is 13.9. The van der Waals surface area contributed by atoms with Crippen LogP contribution < -0.4 is 16.1 Å². The van der Waals surface area contributed by atoms with Gasteiger partial charge in [-0.25, -0.2) is 9.40 Å². The molecule has 0 aromatic rings. The number of nitrogens with zero attached hydrogens (tertiary/aromatic N) is 2. The lowest BCUT2D eigenvalue weighted by Crippen LogP contribution is -2.62. The molecule has 218 valence electrons. The molecule has 2 heterocycles. The Kier molecular flexibility index (Phi) is 8.23. The first kappa shape index (κ1) is 29.6. The molecule has 0 bridgehead atoms. The van der Waals surface area contributed by atoms with E-state index in [1.807, 2.05) is 34.6 Å². The highest BCUT2D eigenvalue weighted by Gasteiger charge is 2.70. The third-order valence-electron chi connectivity index (χ3n) is 9.43. The molecule has 0 aromatic carbocycles. The number of hydrogen-bond donors (Lipinski definition) is 3. The average Bonchev–Trinajstić information content (AvgIpc) is 3.76. The van der Waals surface area contributed by atoms with Crippen LogP contribution in [0.5, 0.6) is 0 Å². The maximum Gasteiger partial charge on any atom is 0.291 e. The number of piperidine rings is 2. The number of carbonyl (C=O) groups excluding carboxylic acids is 5. The lowest BCUT2D eigenvalue weighted by Gasteiger charge is -2.39. The Bertz CT molecular complexity index is 1030. The topological polar surface area (TPSA) is 128 Å². The Morgan fingerprint density at radius 1 is 1.21 bits per heavy atom. The molecule has 0 radical (unpaired) electrons. The molecule has 0 spiro atoms. The Morgan fingerprint density at radius 2 is 1.87 bits per heavy atom. The first-order valence-electron chi connectivity index (χ1n) is 14.0. The second-order valence-electron chi connectivity index (χ2n) is 12.8. The molecule has 4 rings (SSSR count). The zero-order chi connectivity index (χ0) is 28.9. The smallest absolute Gasteiger partial charge is 0.291 e. The van der Waals surface area contributed by atoms with Crippen LogP contribution in [0.4, 0.5) is 4.39 Å². The van der Waals surface area contributed by atoms with Crippen LogP contribution in [0.2, 0.25) is 0 Å². The molecule has 5 amide bonds. The minimum absolute atomic E-state index is 0.0666. The van der Waals surface area contributed by atoms with E-state index in [2.05, 4.69) is 16.1 Å². The van der Waals surface area contributed by atoms with Gasteiger partial charge in [0.1, 0.15) is 12.1 Å². The van der Waals surface area contributed by atoms with Crippen molar-refractivity contribution in [3.05, 3.63) is 0 Å². The molecule has 6 atom stereocenters. The minimum Gasteiger partial charge on any atom is -0.356 e. The van der Waals surface area contributed by atoms with Crippen LogP contribution >= 0.6 is 11.6 Å². The summed E-state index contributed by atoms with van der Waals surface area (Å²) in [6.07, 6.45) is 3.38. The highest BCUT2D eigenvalue weighted by atomic mass is 35.5. The molecule has 4 aliphatic rings. The number of fused-ring (bicyclic) bond motifs is 1. The number of likely N-dealkylation sites (tertiary alicyclic amines) is 1. The quantitative estimate of drug-likeness (QED) is 0.288. The van der Waals surface area contributed by atoms with Gasteiger partial charge in [-0.05, 0) is 54.8 Å². The van der Waals surface area contributed by atoms with Gasteiger partial charge < -0.3 is 15.5 Å². The zero-order valence-electron chi connectivity index (χ0n) is 23.4. The highest BCUT2D eigenvalue weighted by molar-refractivity contribution is 6.29. The molecule has 2 aliphatic heterocycles. The van der Waals surface area contributed by atoms with Crippen LogP contribution in [-0.2, 0) is 24.0 Å². The minimum atomic E-state index is -2.41. The van der Waals surface area contributed by atoms with Gasteiger partial charge in [0.05, 0.1) is 12.5 Å². The van der Waals surface area contributed by atoms with Crippen LogP contribution in [-0.4, -0.2) is 76.8 Å². The SMILES string of the molecule is CCC(C)(C)[C@H](NC(=O)C1CC1)C(=O)N1C[C@H]2[C@@H]([C@H]1C(=O)NN(C[C@H]1CCCNC1=O)C(=O)[C@H](F)Cl)C2(C)C. The fourth-order valence-corrected chi connectivity index (χ4v) is 6.24. The number of nitrogens with one attached hydrogen (secondary N) is 3. The van der Waals surface area contributed by atoms with Gasteiger partial charge in [-0.2, -0.15) is 0 Å². The van der Waals surface area contributed by atoms with Gasteiger partial charge in [-0.15, -0.1) is 0 Å². The monoisotopic (exact) mass is 569 g/mol. The predicted molar refractivity (Wildman–Crippen MR) is 141 cm³/mol. The van der Waals surface area contributed by atoms with Gasteiger partial charge in [-0.3, -0.25) is 29.4 Å². The summed E-state index contributed by atoms with van der Waals surface area (Å²) in [5.41, 5.74) is -0.677. The van der Waals surface area contributed by atoms with Gasteiger partial charge >= 0.3 is 0 Å². The largest absolute Gasteiger partial charge is 0.356 e. The summed E-state index contributed by atoms with van der Waals surface area (Å²) in [7, 11) is 0. The van der Waals surface area contributed by atoms with E-state index >= 15 is 0 Å². The second-order valence-corrected chi connectivity index (χ2v) is 13.2. The van der Waals surface area contributed by atoms with E-state index in [0.29, 0.717) is 32.4 Å². The summed E-state index contributed by atoms with van der Waals surface area (Å²) in [6, 6.07) is -1.75. The van der Waals surface area contributed by atoms with E-state index < -0.39 is 40.9 Å². The van der Waals surface area contributed by atoms with Gasteiger partial charge in [0, 0.05) is 19.0 Å². The van der Waals surface area contributed by atoms with Crippen molar-refractivity contribution in [2.75, 3.05) is 19.6 Å². The van der Waals surface area contributed by atoms with Gasteiger partial charge in [0.15, 0.2) is 0 Å². The summed E-state index contributed by atoms with van der Waals surface area (Å²) in [5.74, 6) is -3.40.